The van der Waals surface area contributed by atoms with Crippen LogP contribution in [-0.4, -0.2) is 33.5 Å². The van der Waals surface area contributed by atoms with Crippen molar-refractivity contribution < 1.29 is 14.7 Å². The van der Waals surface area contributed by atoms with Gasteiger partial charge in [0.2, 0.25) is 0 Å². The number of hydrogen-bond donors (Lipinski definition) is 3. The van der Waals surface area contributed by atoms with Gasteiger partial charge in [0, 0.05) is 12.0 Å². The van der Waals surface area contributed by atoms with Crippen molar-refractivity contribution in [1.29, 1.82) is 0 Å². The van der Waals surface area contributed by atoms with E-state index in [-0.39, 0.29) is 23.9 Å². The average Bonchev–Trinajstić information content (AvgIpc) is 2.26. The highest BCUT2D eigenvalue weighted by Gasteiger charge is 2.21. The molecule has 0 spiro atoms. The van der Waals surface area contributed by atoms with Crippen LogP contribution >= 0.6 is 0 Å². The summed E-state index contributed by atoms with van der Waals surface area (Å²) in [4.78, 5) is 41.0. The quantitative estimate of drug-likeness (QED) is 0.747. The molecule has 0 aromatic carbocycles. The lowest BCUT2D eigenvalue weighted by atomic mass is 9.95. The smallest absolute Gasteiger partial charge is 0.305 e. The molecule has 0 aliphatic carbocycles. The molecule has 3 N–H and O–H groups in total. The average molecular weight is 281 g/mol. The van der Waals surface area contributed by atoms with E-state index in [0.29, 0.717) is 11.5 Å². The molecule has 0 atom stereocenters. The van der Waals surface area contributed by atoms with Gasteiger partial charge in [0.15, 0.2) is 0 Å². The van der Waals surface area contributed by atoms with Gasteiger partial charge in [0.25, 0.3) is 11.5 Å². The Kier molecular flexibility index (Phi) is 4.65. The molecule has 0 saturated carbocycles. The molecule has 0 aliphatic rings. The lowest BCUT2D eigenvalue weighted by Gasteiger charge is -2.18. The number of H-pyrrole nitrogens is 1. The van der Waals surface area contributed by atoms with Gasteiger partial charge in [-0.15, -0.1) is 0 Å². The number of aromatic nitrogens is 2. The first-order valence-electron chi connectivity index (χ1n) is 6.24. The van der Waals surface area contributed by atoms with E-state index in [4.69, 9.17) is 5.11 Å². The summed E-state index contributed by atoms with van der Waals surface area (Å²) >= 11 is 0. The van der Waals surface area contributed by atoms with Crippen molar-refractivity contribution in [2.75, 3.05) is 6.54 Å². The Morgan fingerprint density at radius 3 is 2.40 bits per heavy atom. The summed E-state index contributed by atoms with van der Waals surface area (Å²) in [5, 5.41) is 10.9. The second kappa shape index (κ2) is 5.85. The fourth-order valence-electron chi connectivity index (χ4n) is 1.58. The Balaban J connectivity index is 3.00. The maximum atomic E-state index is 12.0. The Bertz CT molecular complexity index is 584. The van der Waals surface area contributed by atoms with Crippen molar-refractivity contribution in [2.45, 2.75) is 39.5 Å². The van der Waals surface area contributed by atoms with E-state index in [9.17, 15) is 14.4 Å². The minimum atomic E-state index is -1.02. The molecule has 1 amide bonds. The molecule has 7 heteroatoms. The van der Waals surface area contributed by atoms with Crippen LogP contribution in [0, 0.1) is 6.92 Å². The number of carbonyl (C=O) groups is 2. The number of carbonyl (C=O) groups excluding carboxylic acids is 1. The van der Waals surface area contributed by atoms with Crippen molar-refractivity contribution in [3.05, 3.63) is 27.4 Å². The van der Waals surface area contributed by atoms with Crippen LogP contribution in [-0.2, 0) is 10.2 Å². The summed E-state index contributed by atoms with van der Waals surface area (Å²) in [6.45, 7) is 7.25. The predicted octanol–water partition coefficient (Wildman–Crippen LogP) is 0.580. The summed E-state index contributed by atoms with van der Waals surface area (Å²) in [5.41, 5.74) is -0.604. The summed E-state index contributed by atoms with van der Waals surface area (Å²) in [5.74, 6) is -1.13. The van der Waals surface area contributed by atoms with E-state index in [2.05, 4.69) is 15.3 Å². The Hall–Kier alpha value is -2.18. The molecule has 0 fully saturated rings. The zero-order valence-corrected chi connectivity index (χ0v) is 12.0. The molecule has 0 unspecified atom stereocenters. The number of carboxylic acids is 1. The van der Waals surface area contributed by atoms with E-state index >= 15 is 0 Å². The second-order valence-electron chi connectivity index (χ2n) is 5.52. The van der Waals surface area contributed by atoms with Crippen LogP contribution in [0.15, 0.2) is 4.79 Å². The number of carboxylic acid groups (broad SMARTS) is 1. The number of aromatic amines is 1. The summed E-state index contributed by atoms with van der Waals surface area (Å²) in [7, 11) is 0. The van der Waals surface area contributed by atoms with E-state index in [1.165, 1.54) is 0 Å². The fourth-order valence-corrected chi connectivity index (χ4v) is 1.58. The van der Waals surface area contributed by atoms with Gasteiger partial charge in [-0.1, -0.05) is 20.8 Å². The molecule has 1 aromatic heterocycles. The van der Waals surface area contributed by atoms with Gasteiger partial charge in [0.05, 0.1) is 12.1 Å². The molecule has 1 heterocycles. The normalized spacial score (nSPS) is 11.2. The molecule has 0 aliphatic heterocycles. The van der Waals surface area contributed by atoms with Crippen molar-refractivity contribution in [3.8, 4) is 0 Å². The third-order valence-corrected chi connectivity index (χ3v) is 2.66. The van der Waals surface area contributed by atoms with Crippen molar-refractivity contribution >= 4 is 11.9 Å². The Morgan fingerprint density at radius 1 is 1.35 bits per heavy atom. The largest absolute Gasteiger partial charge is 0.481 e. The number of hydrogen-bond acceptors (Lipinski definition) is 4. The van der Waals surface area contributed by atoms with Crippen LogP contribution < -0.4 is 10.9 Å². The first-order valence-corrected chi connectivity index (χ1v) is 6.24. The van der Waals surface area contributed by atoms with Gasteiger partial charge in [-0.05, 0) is 6.92 Å². The highest BCUT2D eigenvalue weighted by atomic mass is 16.4. The number of nitrogens with zero attached hydrogens (tertiary/aromatic N) is 1. The van der Waals surface area contributed by atoms with E-state index in [0.717, 1.165) is 0 Å². The Morgan fingerprint density at radius 2 is 1.95 bits per heavy atom. The van der Waals surface area contributed by atoms with Crippen molar-refractivity contribution in [3.63, 3.8) is 0 Å². The summed E-state index contributed by atoms with van der Waals surface area (Å²) in [6, 6.07) is 0. The van der Waals surface area contributed by atoms with Crippen molar-refractivity contribution in [1.82, 2.24) is 15.3 Å². The van der Waals surface area contributed by atoms with Gasteiger partial charge in [-0.3, -0.25) is 14.4 Å². The van der Waals surface area contributed by atoms with Crippen LogP contribution in [0.25, 0.3) is 0 Å². The summed E-state index contributed by atoms with van der Waals surface area (Å²) in [6.07, 6.45) is -0.198. The third kappa shape index (κ3) is 3.91. The van der Waals surface area contributed by atoms with E-state index in [1.807, 2.05) is 20.8 Å². The highest BCUT2D eigenvalue weighted by Crippen LogP contribution is 2.17. The lowest BCUT2D eigenvalue weighted by molar-refractivity contribution is -0.136. The first kappa shape index (κ1) is 15.9. The van der Waals surface area contributed by atoms with Gasteiger partial charge in [-0.2, -0.15) is 0 Å². The monoisotopic (exact) mass is 281 g/mol. The van der Waals surface area contributed by atoms with Gasteiger partial charge in [0.1, 0.15) is 11.4 Å². The zero-order valence-electron chi connectivity index (χ0n) is 12.0. The molecule has 0 bridgehead atoms. The second-order valence-corrected chi connectivity index (χ2v) is 5.52. The third-order valence-electron chi connectivity index (χ3n) is 2.66. The van der Waals surface area contributed by atoms with Gasteiger partial charge in [-0.25, -0.2) is 4.98 Å². The molecule has 1 aromatic rings. The SMILES string of the molecule is Cc1nc(C(C)(C)C)[nH]c(=O)c1C(=O)NCCC(=O)O. The minimum absolute atomic E-state index is 0.0337. The molecular formula is C13H19N3O4. The number of nitrogens with one attached hydrogen (secondary N) is 2. The minimum Gasteiger partial charge on any atom is -0.481 e. The molecule has 1 rings (SSSR count). The van der Waals surface area contributed by atoms with E-state index < -0.39 is 17.4 Å². The molecule has 0 saturated heterocycles. The molecule has 110 valence electrons. The van der Waals surface area contributed by atoms with Gasteiger partial charge < -0.3 is 15.4 Å². The van der Waals surface area contributed by atoms with Crippen LogP contribution in [0.2, 0.25) is 0 Å². The predicted molar refractivity (Wildman–Crippen MR) is 72.9 cm³/mol. The molecular weight excluding hydrogens is 262 g/mol. The number of aliphatic carboxylic acids is 1. The maximum Gasteiger partial charge on any atom is 0.305 e. The standard InChI is InChI=1S/C13H19N3O4/c1-7-9(10(19)14-6-5-8(17)18)11(20)16-12(15-7)13(2,3)4/h5-6H2,1-4H3,(H,14,19)(H,17,18)(H,15,16,20). The zero-order chi connectivity index (χ0) is 15.5. The topological polar surface area (TPSA) is 112 Å². The van der Waals surface area contributed by atoms with Crippen LogP contribution in [0.3, 0.4) is 0 Å². The lowest BCUT2D eigenvalue weighted by Crippen LogP contribution is -2.34. The fraction of sp³-hybridized carbons (Fsp3) is 0.538. The maximum absolute atomic E-state index is 12.0. The number of amides is 1. The van der Waals surface area contributed by atoms with Crippen molar-refractivity contribution in [2.24, 2.45) is 0 Å². The van der Waals surface area contributed by atoms with Crippen LogP contribution in [0.5, 0.6) is 0 Å². The molecule has 20 heavy (non-hydrogen) atoms. The van der Waals surface area contributed by atoms with E-state index in [1.54, 1.807) is 6.92 Å². The summed E-state index contributed by atoms with van der Waals surface area (Å²) < 4.78 is 0. The molecule has 7 nitrogen and oxygen atoms in total. The number of aryl methyl sites for hydroxylation is 1. The Labute approximate surface area is 116 Å². The number of rotatable bonds is 4. The highest BCUT2D eigenvalue weighted by molar-refractivity contribution is 5.94. The van der Waals surface area contributed by atoms with Crippen LogP contribution in [0.4, 0.5) is 0 Å². The van der Waals surface area contributed by atoms with Gasteiger partial charge >= 0.3 is 5.97 Å². The molecule has 0 radical (unpaired) electrons. The van der Waals surface area contributed by atoms with Crippen LogP contribution in [0.1, 0.15) is 49.1 Å². The first-order chi connectivity index (χ1) is 9.12.